The van der Waals surface area contributed by atoms with Crippen molar-refractivity contribution >= 4 is 5.97 Å². The monoisotopic (exact) mass is 604 g/mol. The Bertz CT molecular complexity index is 735. The van der Waals surface area contributed by atoms with Gasteiger partial charge in [-0.15, -0.1) is 0 Å². The van der Waals surface area contributed by atoms with Crippen molar-refractivity contribution in [3.8, 4) is 0 Å². The van der Waals surface area contributed by atoms with Gasteiger partial charge in [-0.3, -0.25) is 0 Å². The first-order valence-corrected chi connectivity index (χ1v) is 10.5. The number of carbonyl (C=O) groups is 1. The van der Waals surface area contributed by atoms with E-state index in [2.05, 4.69) is 85.5 Å². The lowest BCUT2D eigenvalue weighted by Gasteiger charge is -2.41. The quantitative estimate of drug-likeness (QED) is 0.0499. The van der Waals surface area contributed by atoms with Crippen LogP contribution in [0.25, 0.3) is 0 Å². The molecule has 25 nitrogen and oxygen atoms in total. The van der Waals surface area contributed by atoms with E-state index in [0.29, 0.717) is 6.42 Å². The Morgan fingerprint density at radius 3 is 1.73 bits per heavy atom. The van der Waals surface area contributed by atoms with Crippen LogP contribution in [0.2, 0.25) is 0 Å². The second kappa shape index (κ2) is 19.3. The molecule has 0 saturated carbocycles. The molecule has 0 aliphatic carbocycles. The zero-order chi connectivity index (χ0) is 29.3. The van der Waals surface area contributed by atoms with E-state index in [1.807, 2.05) is 6.92 Å². The molecule has 1 fully saturated rings. The van der Waals surface area contributed by atoms with Gasteiger partial charge in [0.2, 0.25) is 6.29 Å². The second-order valence-corrected chi connectivity index (χ2v) is 7.14. The van der Waals surface area contributed by atoms with Crippen LogP contribution < -0.4 is 0 Å². The molecule has 40 heavy (non-hydrogen) atoms. The van der Waals surface area contributed by atoms with Crippen molar-refractivity contribution in [2.75, 3.05) is 6.61 Å². The third-order valence-corrected chi connectivity index (χ3v) is 4.92. The van der Waals surface area contributed by atoms with E-state index < -0.39 is 49.4 Å². The number of aliphatic hydroxyl groups is 3. The Kier molecular flexibility index (Phi) is 16.6. The molecule has 0 aromatic heterocycles. The highest BCUT2D eigenvalue weighted by atomic mass is 18.0. The number of cyclic esters (lactones) is 1. The molecule has 7 atom stereocenters. The molecule has 0 aromatic carbocycles. The summed E-state index contributed by atoms with van der Waals surface area (Å²) in [6.07, 6.45) is -7.88. The maximum absolute atomic E-state index is 12.1. The highest BCUT2D eigenvalue weighted by Gasteiger charge is 2.47. The summed E-state index contributed by atoms with van der Waals surface area (Å²) in [7, 11) is 0. The van der Waals surface area contributed by atoms with Crippen molar-refractivity contribution in [2.24, 2.45) is 5.92 Å². The number of carbonyl (C=O) groups excluding carboxylic acids is 1. The number of esters is 1. The third kappa shape index (κ3) is 11.2. The minimum absolute atomic E-state index is 0.155. The van der Waals surface area contributed by atoms with Gasteiger partial charge in [0.1, 0.15) is 42.9 Å². The van der Waals surface area contributed by atoms with Gasteiger partial charge in [0.25, 0.3) is 0 Å². The van der Waals surface area contributed by atoms with Crippen LogP contribution in [-0.4, -0.2) is 70.0 Å². The molecule has 2 aliphatic heterocycles. The number of ether oxygens (including phenoxy) is 3. The lowest BCUT2D eigenvalue weighted by molar-refractivity contribution is -0.889. The topological polar surface area (TPSA) is 283 Å². The molecule has 234 valence electrons. The average molecular weight is 604 g/mol. The number of hydrogen-bond acceptors (Lipinski definition) is 25. The molecule has 0 bridgehead atoms. The first-order valence-electron chi connectivity index (χ1n) is 10.5. The molecule has 0 aromatic rings. The Balaban J connectivity index is 1.59. The molecule has 1 saturated heterocycles. The molecule has 0 amide bonds. The molecule has 0 radical (unpaired) electrons. The average Bonchev–Trinajstić information content (AvgIpc) is 2.95. The number of aliphatic hydroxyl groups excluding tert-OH is 3. The molecule has 0 spiro atoms. The summed E-state index contributed by atoms with van der Waals surface area (Å²) >= 11 is 0. The van der Waals surface area contributed by atoms with Gasteiger partial charge < -0.3 is 29.5 Å². The van der Waals surface area contributed by atoms with E-state index in [1.54, 1.807) is 6.92 Å². The van der Waals surface area contributed by atoms with Crippen molar-refractivity contribution in [1.82, 2.24) is 0 Å². The minimum Gasteiger partial charge on any atom is -0.465 e. The van der Waals surface area contributed by atoms with Crippen LogP contribution in [0.4, 0.5) is 0 Å². The van der Waals surface area contributed by atoms with Crippen LogP contribution in [-0.2, 0) is 105 Å². The van der Waals surface area contributed by atoms with E-state index in [-0.39, 0.29) is 17.3 Å². The second-order valence-electron chi connectivity index (χ2n) is 7.14. The first kappa shape index (κ1) is 34.3. The van der Waals surface area contributed by atoms with Crippen molar-refractivity contribution in [3.63, 3.8) is 0 Å². The van der Waals surface area contributed by atoms with Gasteiger partial charge >= 0.3 is 5.97 Å². The fourth-order valence-corrected chi connectivity index (χ4v) is 3.12. The lowest BCUT2D eigenvalue weighted by Crippen LogP contribution is -2.59. The molecular formula is C15H24O25. The summed E-state index contributed by atoms with van der Waals surface area (Å²) in [4.78, 5) is 16.7. The van der Waals surface area contributed by atoms with Gasteiger partial charge in [0, 0.05) is 0 Å². The summed E-state index contributed by atoms with van der Waals surface area (Å²) < 4.78 is 16.5. The Morgan fingerprint density at radius 2 is 1.23 bits per heavy atom. The van der Waals surface area contributed by atoms with Crippen LogP contribution in [0.5, 0.6) is 0 Å². The highest BCUT2D eigenvalue weighted by molar-refractivity contribution is 5.89. The molecule has 0 unspecified atom stereocenters. The van der Waals surface area contributed by atoms with Gasteiger partial charge in [0.15, 0.2) is 0 Å². The van der Waals surface area contributed by atoms with Crippen LogP contribution in [0.15, 0.2) is 11.3 Å². The molecule has 25 heteroatoms. The largest absolute Gasteiger partial charge is 0.465 e. The maximum atomic E-state index is 12.1. The van der Waals surface area contributed by atoms with E-state index >= 15 is 0 Å². The van der Waals surface area contributed by atoms with Crippen molar-refractivity contribution in [1.29, 1.82) is 0 Å². The fraction of sp³-hybridized carbons (Fsp3) is 0.800. The Morgan fingerprint density at radius 1 is 0.725 bits per heavy atom. The van der Waals surface area contributed by atoms with Crippen molar-refractivity contribution in [2.45, 2.75) is 64.0 Å². The minimum atomic E-state index is -1.73. The Labute approximate surface area is 220 Å². The summed E-state index contributed by atoms with van der Waals surface area (Å²) in [5, 5.41) is 95.3. The van der Waals surface area contributed by atoms with Crippen LogP contribution in [0.3, 0.4) is 0 Å². The normalized spacial score (nSPS) is 29.1. The number of rotatable bonds is 21. The number of hydrogen-bond donors (Lipinski definition) is 4. The summed E-state index contributed by atoms with van der Waals surface area (Å²) in [5.74, 6) is -0.787. The van der Waals surface area contributed by atoms with Crippen LogP contribution in [0.1, 0.15) is 27.2 Å². The summed E-state index contributed by atoms with van der Waals surface area (Å²) in [5.41, 5.74) is 0.155. The van der Waals surface area contributed by atoms with Crippen molar-refractivity contribution < 1.29 is 125 Å². The summed E-state index contributed by atoms with van der Waals surface area (Å²) in [6.45, 7) is 4.42. The predicted octanol–water partition coefficient (Wildman–Crippen LogP) is -1.55. The smallest absolute Gasteiger partial charge is 0.337 e. The first-order chi connectivity index (χ1) is 19.3. The van der Waals surface area contributed by atoms with Gasteiger partial charge in [-0.05, 0) is 94.0 Å². The standard InChI is InChI=1S/C15H24O25/c1-4-8-6(2)13(7(3)14(19)22-8)24-15-12(18)11(17)10(16)9(23-15)5-21-26-28-30-32-34-36-38-40-39-37-35-33-31-29-27-25-20/h6,8-12,15-18,20H,4-5H2,1-3H3/t6-,8-,9-,10-,11+,12-,15+/m1/s1. The molecule has 2 heterocycles. The van der Waals surface area contributed by atoms with E-state index in [1.165, 1.54) is 6.92 Å². The van der Waals surface area contributed by atoms with Crippen molar-refractivity contribution in [3.05, 3.63) is 11.3 Å². The SMILES string of the molecule is CC[C@H]1OC(=O)C(C)=C(O[C@@H]2O[C@H](COOOOOOOOOOOOOOOOOO)[C@@H](O)[C@H](O)[C@H]2O)[C@@H]1C. The highest BCUT2D eigenvalue weighted by Crippen LogP contribution is 2.33. The van der Waals surface area contributed by atoms with Crippen LogP contribution >= 0.6 is 0 Å². The van der Waals surface area contributed by atoms with Gasteiger partial charge in [-0.2, -0.15) is 0 Å². The predicted molar refractivity (Wildman–Crippen MR) is 95.7 cm³/mol. The Hall–Kier alpha value is -1.87. The lowest BCUT2D eigenvalue weighted by atomic mass is 9.94. The van der Waals surface area contributed by atoms with Gasteiger partial charge in [-0.1, -0.05) is 13.8 Å². The maximum Gasteiger partial charge on any atom is 0.337 e. The van der Waals surface area contributed by atoms with Gasteiger partial charge in [0.05, 0.1) is 11.5 Å². The fourth-order valence-electron chi connectivity index (χ4n) is 3.12. The zero-order valence-corrected chi connectivity index (χ0v) is 20.3. The van der Waals surface area contributed by atoms with E-state index in [4.69, 9.17) is 19.5 Å². The molecule has 2 rings (SSSR count). The molecule has 2 aliphatic rings. The zero-order valence-electron chi connectivity index (χ0n) is 20.3. The third-order valence-electron chi connectivity index (χ3n) is 4.92. The molecular weight excluding hydrogens is 580 g/mol. The molecule has 4 N–H and O–H groups in total. The van der Waals surface area contributed by atoms with Crippen LogP contribution in [0, 0.1) is 5.92 Å². The van der Waals surface area contributed by atoms with E-state index in [9.17, 15) is 20.1 Å². The van der Waals surface area contributed by atoms with Gasteiger partial charge in [-0.25, -0.2) is 14.9 Å². The summed E-state index contributed by atoms with van der Waals surface area (Å²) in [6, 6.07) is 0. The van der Waals surface area contributed by atoms with E-state index in [0.717, 1.165) is 0 Å².